The summed E-state index contributed by atoms with van der Waals surface area (Å²) in [5.41, 5.74) is 1.20. The fourth-order valence-corrected chi connectivity index (χ4v) is 2.41. The summed E-state index contributed by atoms with van der Waals surface area (Å²) >= 11 is 0. The lowest BCUT2D eigenvalue weighted by Crippen LogP contribution is -2.17. The van der Waals surface area contributed by atoms with Crippen molar-refractivity contribution in [3.63, 3.8) is 0 Å². The highest BCUT2D eigenvalue weighted by atomic mass is 16.1. The summed E-state index contributed by atoms with van der Waals surface area (Å²) in [6.07, 6.45) is 6.80. The molecule has 0 aliphatic rings. The summed E-state index contributed by atoms with van der Waals surface area (Å²) in [4.78, 5) is 16.9. The van der Waals surface area contributed by atoms with Crippen molar-refractivity contribution in [1.29, 1.82) is 0 Å². The molecule has 0 atom stereocenters. The van der Waals surface area contributed by atoms with Gasteiger partial charge in [0, 0.05) is 6.21 Å². The van der Waals surface area contributed by atoms with Crippen LogP contribution in [0.3, 0.4) is 0 Å². The number of rotatable bonds is 5. The van der Waals surface area contributed by atoms with Crippen LogP contribution < -0.4 is 5.56 Å². The molecule has 3 rings (SSSR count). The van der Waals surface area contributed by atoms with Gasteiger partial charge in [-0.2, -0.15) is 14.9 Å². The van der Waals surface area contributed by atoms with Crippen LogP contribution in [-0.4, -0.2) is 25.7 Å². The van der Waals surface area contributed by atoms with Crippen molar-refractivity contribution in [3.8, 4) is 5.69 Å². The molecule has 2 aromatic heterocycles. The average molecular weight is 309 g/mol. The molecule has 0 spiro atoms. The van der Waals surface area contributed by atoms with Gasteiger partial charge in [-0.05, 0) is 30.9 Å². The van der Waals surface area contributed by atoms with Crippen LogP contribution >= 0.6 is 0 Å². The van der Waals surface area contributed by atoms with Crippen molar-refractivity contribution in [1.82, 2.24) is 19.4 Å². The quantitative estimate of drug-likeness (QED) is 0.681. The van der Waals surface area contributed by atoms with E-state index in [1.54, 1.807) is 10.9 Å². The third-order valence-electron chi connectivity index (χ3n) is 3.92. The first-order valence-corrected chi connectivity index (χ1v) is 7.79. The number of para-hydroxylation sites is 1. The first kappa shape index (κ1) is 15.1. The average Bonchev–Trinajstić information content (AvgIpc) is 3.03. The first-order valence-electron chi connectivity index (χ1n) is 7.79. The Balaban J connectivity index is 2.03. The number of hydrogen-bond acceptors (Lipinski definition) is 4. The molecule has 0 bridgehead atoms. The smallest absolute Gasteiger partial charge is 0.266 e. The second-order valence-corrected chi connectivity index (χ2v) is 5.36. The van der Waals surface area contributed by atoms with Crippen molar-refractivity contribution in [3.05, 3.63) is 53.2 Å². The molecule has 118 valence electrons. The van der Waals surface area contributed by atoms with Crippen LogP contribution in [0.1, 0.15) is 26.7 Å². The van der Waals surface area contributed by atoms with Crippen molar-refractivity contribution >= 4 is 17.2 Å². The molecule has 6 nitrogen and oxygen atoms in total. The van der Waals surface area contributed by atoms with E-state index in [-0.39, 0.29) is 5.56 Å². The van der Waals surface area contributed by atoms with E-state index in [0.717, 1.165) is 18.5 Å². The zero-order valence-electron chi connectivity index (χ0n) is 13.3. The molecule has 6 heteroatoms. The molecule has 3 aromatic rings. The van der Waals surface area contributed by atoms with Gasteiger partial charge in [0.1, 0.15) is 11.7 Å². The number of aromatic nitrogens is 4. The Morgan fingerprint density at radius 2 is 1.96 bits per heavy atom. The summed E-state index contributed by atoms with van der Waals surface area (Å²) < 4.78 is 2.93. The highest BCUT2D eigenvalue weighted by Gasteiger charge is 2.11. The molecular weight excluding hydrogens is 290 g/mol. The van der Waals surface area contributed by atoms with Crippen molar-refractivity contribution in [2.45, 2.75) is 26.7 Å². The highest BCUT2D eigenvalue weighted by molar-refractivity contribution is 5.75. The molecule has 1 aromatic carbocycles. The molecule has 0 aliphatic carbocycles. The molecule has 0 unspecified atom stereocenters. The second kappa shape index (κ2) is 6.56. The second-order valence-electron chi connectivity index (χ2n) is 5.36. The van der Waals surface area contributed by atoms with Crippen molar-refractivity contribution in [2.24, 2.45) is 11.0 Å². The van der Waals surface area contributed by atoms with E-state index in [1.807, 2.05) is 36.5 Å². The van der Waals surface area contributed by atoms with E-state index in [2.05, 4.69) is 29.0 Å². The lowest BCUT2D eigenvalue weighted by Gasteiger charge is -2.05. The number of fused-ring (bicyclic) bond motifs is 1. The van der Waals surface area contributed by atoms with E-state index in [1.165, 1.54) is 11.0 Å². The van der Waals surface area contributed by atoms with E-state index in [0.29, 0.717) is 17.0 Å². The maximum absolute atomic E-state index is 12.5. The van der Waals surface area contributed by atoms with Gasteiger partial charge in [-0.25, -0.2) is 9.67 Å². The standard InChI is InChI=1S/C17H19N5O/c1-3-13(4-2)10-19-21-12-18-16-15(17(21)23)11-20-22(16)14-8-6-5-7-9-14/h5-13H,3-4H2,1-2H3/b19-10-. The van der Waals surface area contributed by atoms with Gasteiger partial charge in [0.05, 0.1) is 11.9 Å². The minimum atomic E-state index is -0.209. The summed E-state index contributed by atoms with van der Waals surface area (Å²) in [6.45, 7) is 4.21. The van der Waals surface area contributed by atoms with Gasteiger partial charge in [-0.1, -0.05) is 32.0 Å². The van der Waals surface area contributed by atoms with Gasteiger partial charge in [-0.15, -0.1) is 0 Å². The van der Waals surface area contributed by atoms with E-state index in [4.69, 9.17) is 0 Å². The topological polar surface area (TPSA) is 65.1 Å². The van der Waals surface area contributed by atoms with Crippen LogP contribution in [0.25, 0.3) is 16.7 Å². The fraction of sp³-hybridized carbons (Fsp3) is 0.294. The predicted octanol–water partition coefficient (Wildman–Crippen LogP) is 2.85. The zero-order chi connectivity index (χ0) is 16.2. The van der Waals surface area contributed by atoms with Gasteiger partial charge >= 0.3 is 0 Å². The largest absolute Gasteiger partial charge is 0.285 e. The summed E-state index contributed by atoms with van der Waals surface area (Å²) in [6, 6.07) is 9.62. The normalized spacial score (nSPS) is 11.8. The fourth-order valence-electron chi connectivity index (χ4n) is 2.41. The predicted molar refractivity (Wildman–Crippen MR) is 91.1 cm³/mol. The SMILES string of the molecule is CCC(/C=N\n1cnc2c(cnn2-c2ccccc2)c1=O)CC. The Morgan fingerprint density at radius 3 is 2.65 bits per heavy atom. The van der Waals surface area contributed by atoms with Gasteiger partial charge in [-0.3, -0.25) is 4.79 Å². The third kappa shape index (κ3) is 2.92. The van der Waals surface area contributed by atoms with Crippen LogP contribution in [-0.2, 0) is 0 Å². The Morgan fingerprint density at radius 1 is 1.22 bits per heavy atom. The Labute approximate surface area is 134 Å². The summed E-state index contributed by atoms with van der Waals surface area (Å²) in [7, 11) is 0. The number of benzene rings is 1. The molecule has 0 saturated heterocycles. The van der Waals surface area contributed by atoms with Crippen LogP contribution in [0.4, 0.5) is 0 Å². The van der Waals surface area contributed by atoms with Gasteiger partial charge in [0.25, 0.3) is 5.56 Å². The maximum atomic E-state index is 12.5. The molecule has 0 aliphatic heterocycles. The van der Waals surface area contributed by atoms with E-state index < -0.39 is 0 Å². The first-order chi connectivity index (χ1) is 11.2. The lowest BCUT2D eigenvalue weighted by atomic mass is 10.1. The molecule has 0 saturated carbocycles. The van der Waals surface area contributed by atoms with E-state index in [9.17, 15) is 4.79 Å². The number of hydrogen-bond donors (Lipinski definition) is 0. The zero-order valence-corrected chi connectivity index (χ0v) is 13.3. The monoisotopic (exact) mass is 309 g/mol. The molecule has 0 fully saturated rings. The maximum Gasteiger partial charge on any atom is 0.285 e. The molecule has 23 heavy (non-hydrogen) atoms. The number of nitrogens with zero attached hydrogens (tertiary/aromatic N) is 5. The van der Waals surface area contributed by atoms with Crippen molar-refractivity contribution < 1.29 is 0 Å². The minimum absolute atomic E-state index is 0.209. The van der Waals surface area contributed by atoms with Gasteiger partial charge in [0.2, 0.25) is 0 Å². The third-order valence-corrected chi connectivity index (χ3v) is 3.92. The van der Waals surface area contributed by atoms with E-state index >= 15 is 0 Å². The molecule has 0 N–H and O–H groups in total. The highest BCUT2D eigenvalue weighted by Crippen LogP contribution is 2.13. The van der Waals surface area contributed by atoms with Crippen LogP contribution in [0.15, 0.2) is 52.8 Å². The van der Waals surface area contributed by atoms with Crippen LogP contribution in [0, 0.1) is 5.92 Å². The lowest BCUT2D eigenvalue weighted by molar-refractivity contribution is 0.645. The van der Waals surface area contributed by atoms with Gasteiger partial charge < -0.3 is 0 Å². The Kier molecular flexibility index (Phi) is 4.32. The van der Waals surface area contributed by atoms with Crippen molar-refractivity contribution in [2.75, 3.05) is 0 Å². The van der Waals surface area contributed by atoms with Crippen LogP contribution in [0.2, 0.25) is 0 Å². The van der Waals surface area contributed by atoms with Gasteiger partial charge in [0.15, 0.2) is 5.65 Å². The molecule has 2 heterocycles. The summed E-state index contributed by atoms with van der Waals surface area (Å²) in [5.74, 6) is 0.365. The summed E-state index contributed by atoms with van der Waals surface area (Å²) in [5, 5.41) is 9.00. The Bertz CT molecular complexity index is 875. The molecule has 0 radical (unpaired) electrons. The minimum Gasteiger partial charge on any atom is -0.266 e. The molecular formula is C17H19N5O. The molecule has 0 amide bonds. The van der Waals surface area contributed by atoms with Crippen LogP contribution in [0.5, 0.6) is 0 Å². The Hall–Kier alpha value is -2.76.